The average Bonchev–Trinajstić information content (AvgIpc) is 2.47. The zero-order chi connectivity index (χ0) is 15.5. The number of anilines is 1. The Balaban J connectivity index is 2.33. The predicted molar refractivity (Wildman–Crippen MR) is 77.0 cm³/mol. The highest BCUT2D eigenvalue weighted by Crippen LogP contribution is 2.36. The summed E-state index contributed by atoms with van der Waals surface area (Å²) in [6, 6.07) is 0. The van der Waals surface area contributed by atoms with Crippen LogP contribution in [0.4, 0.5) is 5.82 Å². The van der Waals surface area contributed by atoms with Gasteiger partial charge in [-0.25, -0.2) is 9.97 Å². The van der Waals surface area contributed by atoms with Crippen molar-refractivity contribution >= 4 is 17.7 Å². The van der Waals surface area contributed by atoms with Gasteiger partial charge < -0.3 is 15.7 Å². The number of aliphatic carboxylic acids is 1. The SMILES string of the molecule is CCCC1(C(=O)O)CCCN(c2nccnc2C(N)=O)C1. The van der Waals surface area contributed by atoms with Crippen molar-refractivity contribution in [2.75, 3.05) is 18.0 Å². The number of carbonyl (C=O) groups is 2. The lowest BCUT2D eigenvalue weighted by molar-refractivity contribution is -0.150. The number of amides is 1. The molecule has 1 unspecified atom stereocenters. The summed E-state index contributed by atoms with van der Waals surface area (Å²) < 4.78 is 0. The van der Waals surface area contributed by atoms with Crippen LogP contribution in [-0.2, 0) is 4.79 Å². The number of aromatic nitrogens is 2. The van der Waals surface area contributed by atoms with E-state index in [0.29, 0.717) is 31.7 Å². The highest BCUT2D eigenvalue weighted by molar-refractivity contribution is 5.95. The second-order valence-corrected chi connectivity index (χ2v) is 5.45. The van der Waals surface area contributed by atoms with E-state index in [0.717, 1.165) is 12.8 Å². The molecule has 7 nitrogen and oxygen atoms in total. The lowest BCUT2D eigenvalue weighted by Crippen LogP contribution is -2.48. The van der Waals surface area contributed by atoms with Gasteiger partial charge in [-0.1, -0.05) is 13.3 Å². The molecule has 0 radical (unpaired) electrons. The van der Waals surface area contributed by atoms with Crippen LogP contribution in [0.3, 0.4) is 0 Å². The number of hydrogen-bond acceptors (Lipinski definition) is 5. The van der Waals surface area contributed by atoms with Crippen molar-refractivity contribution in [1.29, 1.82) is 0 Å². The maximum absolute atomic E-state index is 11.7. The number of carboxylic acids is 1. The van der Waals surface area contributed by atoms with E-state index in [1.54, 1.807) is 0 Å². The van der Waals surface area contributed by atoms with E-state index in [-0.39, 0.29) is 5.69 Å². The summed E-state index contributed by atoms with van der Waals surface area (Å²) in [6.07, 6.45) is 5.66. The lowest BCUT2D eigenvalue weighted by atomic mass is 9.76. The Labute approximate surface area is 123 Å². The summed E-state index contributed by atoms with van der Waals surface area (Å²) in [7, 11) is 0. The standard InChI is InChI=1S/C14H20N4O3/c1-2-4-14(13(20)21)5-3-8-18(9-14)12-10(11(15)19)16-6-7-17-12/h6-7H,2-5,8-9H2,1H3,(H2,15,19)(H,20,21). The number of carboxylic acid groups (broad SMARTS) is 1. The number of hydrogen-bond donors (Lipinski definition) is 2. The van der Waals surface area contributed by atoms with E-state index in [4.69, 9.17) is 5.73 Å². The zero-order valence-corrected chi connectivity index (χ0v) is 12.1. The smallest absolute Gasteiger partial charge is 0.311 e. The van der Waals surface area contributed by atoms with Gasteiger partial charge in [0.25, 0.3) is 5.91 Å². The molecular weight excluding hydrogens is 272 g/mol. The van der Waals surface area contributed by atoms with Gasteiger partial charge in [0, 0.05) is 25.5 Å². The van der Waals surface area contributed by atoms with E-state index in [1.807, 2.05) is 11.8 Å². The van der Waals surface area contributed by atoms with Crippen LogP contribution in [-0.4, -0.2) is 40.0 Å². The van der Waals surface area contributed by atoms with Gasteiger partial charge in [0.2, 0.25) is 0 Å². The first-order chi connectivity index (χ1) is 10.00. The Morgan fingerprint density at radius 3 is 2.76 bits per heavy atom. The summed E-state index contributed by atoms with van der Waals surface area (Å²) in [5.74, 6) is -1.06. The summed E-state index contributed by atoms with van der Waals surface area (Å²) >= 11 is 0. The molecule has 0 aliphatic carbocycles. The van der Waals surface area contributed by atoms with Crippen LogP contribution in [0.15, 0.2) is 12.4 Å². The molecular formula is C14H20N4O3. The van der Waals surface area contributed by atoms with Crippen molar-refractivity contribution in [1.82, 2.24) is 9.97 Å². The number of nitrogens with zero attached hydrogens (tertiary/aromatic N) is 3. The molecule has 1 saturated heterocycles. The summed E-state index contributed by atoms with van der Waals surface area (Å²) in [4.78, 5) is 33.1. The van der Waals surface area contributed by atoms with Crippen molar-refractivity contribution in [3.8, 4) is 0 Å². The van der Waals surface area contributed by atoms with Gasteiger partial charge in [0.15, 0.2) is 11.5 Å². The molecule has 0 saturated carbocycles. The van der Waals surface area contributed by atoms with Gasteiger partial charge in [0.1, 0.15) is 0 Å². The fourth-order valence-electron chi connectivity index (χ4n) is 3.01. The van der Waals surface area contributed by atoms with Gasteiger partial charge in [-0.3, -0.25) is 9.59 Å². The lowest BCUT2D eigenvalue weighted by Gasteiger charge is -2.40. The molecule has 0 spiro atoms. The molecule has 1 aromatic rings. The summed E-state index contributed by atoms with van der Waals surface area (Å²) in [5.41, 5.74) is 4.62. The molecule has 2 rings (SSSR count). The molecule has 2 heterocycles. The second kappa shape index (κ2) is 6.07. The van der Waals surface area contributed by atoms with E-state index < -0.39 is 17.3 Å². The van der Waals surface area contributed by atoms with E-state index in [2.05, 4.69) is 9.97 Å². The minimum absolute atomic E-state index is 0.0928. The van der Waals surface area contributed by atoms with Crippen LogP contribution >= 0.6 is 0 Å². The van der Waals surface area contributed by atoms with Gasteiger partial charge in [-0.15, -0.1) is 0 Å². The third kappa shape index (κ3) is 2.96. The van der Waals surface area contributed by atoms with Gasteiger partial charge in [-0.05, 0) is 19.3 Å². The molecule has 1 aliphatic heterocycles. The third-order valence-corrected chi connectivity index (χ3v) is 3.97. The molecule has 1 fully saturated rings. The first-order valence-electron chi connectivity index (χ1n) is 7.09. The van der Waals surface area contributed by atoms with Crippen LogP contribution in [0.25, 0.3) is 0 Å². The van der Waals surface area contributed by atoms with Crippen LogP contribution in [0, 0.1) is 5.41 Å². The number of piperidine rings is 1. The molecule has 3 N–H and O–H groups in total. The number of carbonyl (C=O) groups excluding carboxylic acids is 1. The van der Waals surface area contributed by atoms with Gasteiger partial charge in [0.05, 0.1) is 5.41 Å². The molecule has 114 valence electrons. The highest BCUT2D eigenvalue weighted by Gasteiger charge is 2.42. The quantitative estimate of drug-likeness (QED) is 0.839. The first-order valence-corrected chi connectivity index (χ1v) is 7.09. The minimum atomic E-state index is -0.793. The Bertz CT molecular complexity index is 545. The monoisotopic (exact) mass is 292 g/mol. The molecule has 1 aliphatic rings. The van der Waals surface area contributed by atoms with Crippen molar-refractivity contribution in [2.24, 2.45) is 11.1 Å². The van der Waals surface area contributed by atoms with Gasteiger partial charge in [-0.2, -0.15) is 0 Å². The number of primary amides is 1. The molecule has 1 amide bonds. The zero-order valence-electron chi connectivity index (χ0n) is 12.1. The van der Waals surface area contributed by atoms with Crippen LogP contribution in [0.2, 0.25) is 0 Å². The van der Waals surface area contributed by atoms with Crippen molar-refractivity contribution in [3.05, 3.63) is 18.1 Å². The Morgan fingerprint density at radius 2 is 2.14 bits per heavy atom. The number of nitrogens with two attached hydrogens (primary N) is 1. The molecule has 0 bridgehead atoms. The van der Waals surface area contributed by atoms with Gasteiger partial charge >= 0.3 is 5.97 Å². The van der Waals surface area contributed by atoms with Crippen molar-refractivity contribution in [2.45, 2.75) is 32.6 Å². The Kier molecular flexibility index (Phi) is 4.40. The van der Waals surface area contributed by atoms with Crippen LogP contribution in [0.5, 0.6) is 0 Å². The largest absolute Gasteiger partial charge is 0.481 e. The maximum atomic E-state index is 11.7. The van der Waals surface area contributed by atoms with E-state index in [9.17, 15) is 14.7 Å². The second-order valence-electron chi connectivity index (χ2n) is 5.45. The van der Waals surface area contributed by atoms with E-state index >= 15 is 0 Å². The fourth-order valence-corrected chi connectivity index (χ4v) is 3.01. The average molecular weight is 292 g/mol. The van der Waals surface area contributed by atoms with Crippen LogP contribution < -0.4 is 10.6 Å². The van der Waals surface area contributed by atoms with Crippen molar-refractivity contribution < 1.29 is 14.7 Å². The molecule has 21 heavy (non-hydrogen) atoms. The Morgan fingerprint density at radius 1 is 1.43 bits per heavy atom. The Hall–Kier alpha value is -2.18. The van der Waals surface area contributed by atoms with E-state index in [1.165, 1.54) is 12.4 Å². The summed E-state index contributed by atoms with van der Waals surface area (Å²) in [5, 5.41) is 9.61. The molecule has 1 aromatic heterocycles. The van der Waals surface area contributed by atoms with Crippen molar-refractivity contribution in [3.63, 3.8) is 0 Å². The molecule has 7 heteroatoms. The predicted octanol–water partition coefficient (Wildman–Crippen LogP) is 1.05. The maximum Gasteiger partial charge on any atom is 0.311 e. The number of rotatable bonds is 5. The molecule has 0 aromatic carbocycles. The highest BCUT2D eigenvalue weighted by atomic mass is 16.4. The fraction of sp³-hybridized carbons (Fsp3) is 0.571. The minimum Gasteiger partial charge on any atom is -0.481 e. The first kappa shape index (κ1) is 15.2. The third-order valence-electron chi connectivity index (χ3n) is 3.97. The van der Waals surface area contributed by atoms with Crippen LogP contribution in [0.1, 0.15) is 43.1 Å². The topological polar surface area (TPSA) is 109 Å². The normalized spacial score (nSPS) is 22.0. The molecule has 1 atom stereocenters. The summed E-state index contributed by atoms with van der Waals surface area (Å²) in [6.45, 7) is 2.95.